The third kappa shape index (κ3) is 2.26. The fourth-order valence-electron chi connectivity index (χ4n) is 0.913. The highest BCUT2D eigenvalue weighted by molar-refractivity contribution is 5.91. The number of carbonyl (C=O) groups excluding carboxylic acids is 1. The minimum absolute atomic E-state index is 0.0670. The van der Waals surface area contributed by atoms with E-state index in [0.29, 0.717) is 0 Å². The van der Waals surface area contributed by atoms with E-state index in [1.165, 1.54) is 23.5 Å². The molecule has 5 heteroatoms. The molecule has 1 aromatic rings. The Bertz CT molecular complexity index is 302. The molecule has 0 saturated heterocycles. The Balaban J connectivity index is 2.76. The van der Waals surface area contributed by atoms with E-state index in [2.05, 4.69) is 9.97 Å². The van der Waals surface area contributed by atoms with E-state index in [9.17, 15) is 4.79 Å². The summed E-state index contributed by atoms with van der Waals surface area (Å²) < 4.78 is 0. The van der Waals surface area contributed by atoms with Crippen molar-refractivity contribution in [3.05, 3.63) is 24.3 Å². The number of hydrogen-bond donors (Lipinski definition) is 1. The number of rotatable bonds is 3. The van der Waals surface area contributed by atoms with Crippen molar-refractivity contribution in [2.75, 3.05) is 13.7 Å². The van der Waals surface area contributed by atoms with Crippen LogP contribution in [0.3, 0.4) is 0 Å². The lowest BCUT2D eigenvalue weighted by Crippen LogP contribution is -2.37. The number of nitrogens with zero attached hydrogens (tertiary/aromatic N) is 3. The second-order valence-corrected chi connectivity index (χ2v) is 3.04. The fourth-order valence-corrected chi connectivity index (χ4v) is 0.913. The second kappa shape index (κ2) is 4.66. The predicted octanol–water partition coefficient (Wildman–Crippen LogP) is -0.0706. The Kier molecular flexibility index (Phi) is 3.53. The highest BCUT2D eigenvalue weighted by Crippen LogP contribution is 2.01. The van der Waals surface area contributed by atoms with Crippen LogP contribution in [0.5, 0.6) is 0 Å². The van der Waals surface area contributed by atoms with E-state index < -0.39 is 0 Å². The molecule has 5 nitrogen and oxygen atoms in total. The van der Waals surface area contributed by atoms with E-state index in [1.807, 2.05) is 0 Å². The fraction of sp³-hybridized carbons (Fsp3) is 0.444. The maximum Gasteiger partial charge on any atom is 0.274 e. The van der Waals surface area contributed by atoms with Gasteiger partial charge in [0.2, 0.25) is 0 Å². The molecule has 0 fully saturated rings. The smallest absolute Gasteiger partial charge is 0.274 e. The quantitative estimate of drug-likeness (QED) is 0.733. The summed E-state index contributed by atoms with van der Waals surface area (Å²) >= 11 is 0. The van der Waals surface area contributed by atoms with E-state index in [1.54, 1.807) is 14.0 Å². The maximum absolute atomic E-state index is 11.7. The van der Waals surface area contributed by atoms with Crippen molar-refractivity contribution in [2.45, 2.75) is 13.0 Å². The van der Waals surface area contributed by atoms with E-state index in [4.69, 9.17) is 5.11 Å². The molecule has 0 spiro atoms. The molecular formula is C9H13N3O2. The van der Waals surface area contributed by atoms with Gasteiger partial charge < -0.3 is 10.0 Å². The average Bonchev–Trinajstić information content (AvgIpc) is 2.27. The second-order valence-electron chi connectivity index (χ2n) is 3.04. The Morgan fingerprint density at radius 1 is 1.64 bits per heavy atom. The molecule has 0 aliphatic heterocycles. The summed E-state index contributed by atoms with van der Waals surface area (Å²) in [6.07, 6.45) is 4.37. The zero-order valence-corrected chi connectivity index (χ0v) is 8.21. The number of carbonyl (C=O) groups is 1. The number of likely N-dealkylation sites (N-methyl/N-ethyl adjacent to an activating group) is 1. The summed E-state index contributed by atoms with van der Waals surface area (Å²) in [6.45, 7) is 1.69. The van der Waals surface area contributed by atoms with Crippen LogP contribution in [-0.2, 0) is 0 Å². The summed E-state index contributed by atoms with van der Waals surface area (Å²) in [4.78, 5) is 20.8. The Labute approximate surface area is 82.4 Å². The normalized spacial score (nSPS) is 12.2. The van der Waals surface area contributed by atoms with Crippen LogP contribution in [0.15, 0.2) is 18.6 Å². The van der Waals surface area contributed by atoms with Gasteiger partial charge in [0.1, 0.15) is 5.69 Å². The topological polar surface area (TPSA) is 66.3 Å². The monoisotopic (exact) mass is 195 g/mol. The number of hydrogen-bond acceptors (Lipinski definition) is 4. The third-order valence-corrected chi connectivity index (χ3v) is 2.03. The van der Waals surface area contributed by atoms with Crippen LogP contribution in [0.1, 0.15) is 17.4 Å². The average molecular weight is 195 g/mol. The van der Waals surface area contributed by atoms with Gasteiger partial charge in [0.05, 0.1) is 18.8 Å². The van der Waals surface area contributed by atoms with E-state index >= 15 is 0 Å². The van der Waals surface area contributed by atoms with Crippen molar-refractivity contribution in [1.82, 2.24) is 14.9 Å². The van der Waals surface area contributed by atoms with Crippen LogP contribution in [0.4, 0.5) is 0 Å². The van der Waals surface area contributed by atoms with Gasteiger partial charge >= 0.3 is 0 Å². The molecule has 0 aliphatic carbocycles. The van der Waals surface area contributed by atoms with Crippen LogP contribution in [-0.4, -0.2) is 45.6 Å². The molecule has 0 aliphatic rings. The molecule has 1 N–H and O–H groups in total. The summed E-state index contributed by atoms with van der Waals surface area (Å²) in [5.41, 5.74) is 0.287. The Hall–Kier alpha value is -1.49. The lowest BCUT2D eigenvalue weighted by Gasteiger charge is -2.22. The molecule has 1 rings (SSSR count). The molecule has 14 heavy (non-hydrogen) atoms. The predicted molar refractivity (Wildman–Crippen MR) is 50.7 cm³/mol. The van der Waals surface area contributed by atoms with Crippen LogP contribution in [0.2, 0.25) is 0 Å². The van der Waals surface area contributed by atoms with Gasteiger partial charge in [0.25, 0.3) is 5.91 Å². The molecule has 0 bridgehead atoms. The van der Waals surface area contributed by atoms with Gasteiger partial charge in [-0.3, -0.25) is 9.78 Å². The van der Waals surface area contributed by atoms with Crippen molar-refractivity contribution in [1.29, 1.82) is 0 Å². The summed E-state index contributed by atoms with van der Waals surface area (Å²) in [5.74, 6) is -0.236. The molecule has 1 atom stereocenters. The van der Waals surface area contributed by atoms with Gasteiger partial charge in [-0.2, -0.15) is 0 Å². The third-order valence-electron chi connectivity index (χ3n) is 2.03. The molecule has 0 radical (unpaired) electrons. The van der Waals surface area contributed by atoms with Gasteiger partial charge in [-0.25, -0.2) is 4.98 Å². The highest BCUT2D eigenvalue weighted by Gasteiger charge is 2.17. The Morgan fingerprint density at radius 2 is 2.36 bits per heavy atom. The molecule has 1 heterocycles. The maximum atomic E-state index is 11.7. The van der Waals surface area contributed by atoms with Gasteiger partial charge in [0, 0.05) is 19.4 Å². The SMILES string of the molecule is CC(CO)N(C)C(=O)c1cnccn1. The number of aromatic nitrogens is 2. The molecular weight excluding hydrogens is 182 g/mol. The van der Waals surface area contributed by atoms with Gasteiger partial charge in [-0.15, -0.1) is 0 Å². The van der Waals surface area contributed by atoms with Crippen molar-refractivity contribution in [2.24, 2.45) is 0 Å². The lowest BCUT2D eigenvalue weighted by molar-refractivity contribution is 0.0676. The van der Waals surface area contributed by atoms with Crippen LogP contribution in [0.25, 0.3) is 0 Å². The zero-order chi connectivity index (χ0) is 10.6. The summed E-state index contributed by atoms with van der Waals surface area (Å²) in [7, 11) is 1.62. The Morgan fingerprint density at radius 3 is 2.86 bits per heavy atom. The summed E-state index contributed by atoms with van der Waals surface area (Å²) in [6, 6.07) is -0.218. The minimum Gasteiger partial charge on any atom is -0.394 e. The largest absolute Gasteiger partial charge is 0.394 e. The summed E-state index contributed by atoms with van der Waals surface area (Å²) in [5, 5.41) is 8.87. The number of aliphatic hydroxyl groups excluding tert-OH is 1. The number of aliphatic hydroxyl groups is 1. The first-order valence-corrected chi connectivity index (χ1v) is 4.31. The van der Waals surface area contributed by atoms with Gasteiger partial charge in [0.15, 0.2) is 0 Å². The van der Waals surface area contributed by atoms with Crippen LogP contribution in [0, 0.1) is 0 Å². The van der Waals surface area contributed by atoms with Gasteiger partial charge in [-0.1, -0.05) is 0 Å². The van der Waals surface area contributed by atoms with Crippen molar-refractivity contribution in [3.8, 4) is 0 Å². The molecule has 1 amide bonds. The molecule has 1 unspecified atom stereocenters. The highest BCUT2D eigenvalue weighted by atomic mass is 16.3. The molecule has 76 valence electrons. The molecule has 0 aromatic carbocycles. The van der Waals surface area contributed by atoms with Crippen molar-refractivity contribution < 1.29 is 9.90 Å². The van der Waals surface area contributed by atoms with Crippen LogP contribution >= 0.6 is 0 Å². The zero-order valence-electron chi connectivity index (χ0n) is 8.21. The molecule has 0 saturated carbocycles. The first-order chi connectivity index (χ1) is 6.66. The molecule has 1 aromatic heterocycles. The first-order valence-electron chi connectivity index (χ1n) is 4.31. The van der Waals surface area contributed by atoms with Crippen molar-refractivity contribution >= 4 is 5.91 Å². The standard InChI is InChI=1S/C9H13N3O2/c1-7(6-13)12(2)9(14)8-5-10-3-4-11-8/h3-5,7,13H,6H2,1-2H3. The number of amides is 1. The van der Waals surface area contributed by atoms with E-state index in [-0.39, 0.29) is 24.2 Å². The first kappa shape index (κ1) is 10.6. The van der Waals surface area contributed by atoms with E-state index in [0.717, 1.165) is 0 Å². The minimum atomic E-state index is -0.236. The van der Waals surface area contributed by atoms with Crippen molar-refractivity contribution in [3.63, 3.8) is 0 Å². The van der Waals surface area contributed by atoms with Gasteiger partial charge in [-0.05, 0) is 6.92 Å². The van der Waals surface area contributed by atoms with Crippen LogP contribution < -0.4 is 0 Å². The lowest BCUT2D eigenvalue weighted by atomic mass is 10.3.